The molecule has 4 aromatic rings. The van der Waals surface area contributed by atoms with E-state index < -0.39 is 0 Å². The Morgan fingerprint density at radius 2 is 1.89 bits per heavy atom. The maximum Gasteiger partial charge on any atom is 0.251 e. The van der Waals surface area contributed by atoms with Gasteiger partial charge in [-0.25, -0.2) is 0 Å². The Hall–Kier alpha value is -3.51. The Morgan fingerprint density at radius 1 is 1.04 bits per heavy atom. The van der Waals surface area contributed by atoms with Crippen molar-refractivity contribution in [2.24, 2.45) is 0 Å². The van der Waals surface area contributed by atoms with E-state index in [1.165, 1.54) is 0 Å². The van der Waals surface area contributed by atoms with Crippen molar-refractivity contribution in [3.8, 4) is 22.5 Å². The molecule has 0 radical (unpaired) electrons. The Balaban J connectivity index is 1.76. The predicted octanol–water partition coefficient (Wildman–Crippen LogP) is 3.09. The smallest absolute Gasteiger partial charge is 0.251 e. The summed E-state index contributed by atoms with van der Waals surface area (Å²) in [6, 6.07) is 19.4. The number of carbonyl (C=O) groups excluding carboxylic acids is 1. The number of nitrogens with zero attached hydrogens (tertiary/aromatic N) is 3. The van der Waals surface area contributed by atoms with Crippen molar-refractivity contribution in [1.82, 2.24) is 19.9 Å². The maximum absolute atomic E-state index is 12.2. The van der Waals surface area contributed by atoms with Gasteiger partial charge in [-0.2, -0.15) is 0 Å². The molecule has 140 valence electrons. The first-order valence-electron chi connectivity index (χ1n) is 9.07. The molecule has 0 saturated heterocycles. The molecule has 0 aliphatic carbocycles. The number of aromatic nitrogens is 3. The van der Waals surface area contributed by atoms with Crippen molar-refractivity contribution >= 4 is 11.6 Å². The fraction of sp³-hybridized carbons (Fsp3) is 0.136. The fourth-order valence-corrected chi connectivity index (χ4v) is 3.18. The van der Waals surface area contributed by atoms with Gasteiger partial charge in [0.2, 0.25) is 0 Å². The highest BCUT2D eigenvalue weighted by Crippen LogP contribution is 2.26. The molecule has 0 spiro atoms. The van der Waals surface area contributed by atoms with Crippen LogP contribution in [0.2, 0.25) is 0 Å². The molecular weight excluding hydrogens is 352 g/mol. The minimum Gasteiger partial charge on any atom is -0.395 e. The lowest BCUT2D eigenvalue weighted by molar-refractivity contribution is 0.0945. The van der Waals surface area contributed by atoms with Gasteiger partial charge in [-0.3, -0.25) is 9.20 Å². The number of hydrogen-bond donors (Lipinski definition) is 2. The van der Waals surface area contributed by atoms with Crippen molar-refractivity contribution in [2.45, 2.75) is 6.92 Å². The number of aryl methyl sites for hydroxylation is 1. The van der Waals surface area contributed by atoms with Crippen molar-refractivity contribution in [1.29, 1.82) is 0 Å². The largest absolute Gasteiger partial charge is 0.395 e. The Labute approximate surface area is 162 Å². The first-order valence-corrected chi connectivity index (χ1v) is 9.07. The third kappa shape index (κ3) is 3.37. The molecule has 6 heteroatoms. The van der Waals surface area contributed by atoms with Crippen LogP contribution in [0.25, 0.3) is 28.2 Å². The molecule has 1 amide bonds. The number of fused-ring (bicyclic) bond motifs is 1. The highest BCUT2D eigenvalue weighted by atomic mass is 16.3. The molecule has 2 aromatic heterocycles. The zero-order chi connectivity index (χ0) is 19.5. The fourth-order valence-electron chi connectivity index (χ4n) is 3.18. The van der Waals surface area contributed by atoms with Crippen LogP contribution in [0.4, 0.5) is 0 Å². The minimum atomic E-state index is -0.207. The number of nitrogens with one attached hydrogen (secondary N) is 1. The number of pyridine rings is 1. The molecule has 2 aromatic carbocycles. The normalized spacial score (nSPS) is 10.9. The quantitative estimate of drug-likeness (QED) is 0.564. The van der Waals surface area contributed by atoms with Crippen molar-refractivity contribution in [2.75, 3.05) is 13.2 Å². The number of amides is 1. The van der Waals surface area contributed by atoms with Gasteiger partial charge in [-0.1, -0.05) is 36.4 Å². The second kappa shape index (κ2) is 7.62. The summed E-state index contributed by atoms with van der Waals surface area (Å²) in [5.74, 6) is 0.577. The summed E-state index contributed by atoms with van der Waals surface area (Å²) in [4.78, 5) is 12.2. The molecule has 2 heterocycles. The van der Waals surface area contributed by atoms with Gasteiger partial charge in [0, 0.05) is 23.9 Å². The van der Waals surface area contributed by atoms with Crippen molar-refractivity contribution in [3.05, 3.63) is 78.0 Å². The van der Waals surface area contributed by atoms with Gasteiger partial charge in [0.15, 0.2) is 11.5 Å². The van der Waals surface area contributed by atoms with E-state index >= 15 is 0 Å². The standard InChI is InChI=1S/C22H20N4O2/c1-15-5-2-3-8-19(15)21-25-24-20-10-9-18(14-26(20)21)16-6-4-7-17(13-16)22(28)23-11-12-27/h2-10,13-14,27H,11-12H2,1H3,(H,23,28). The van der Waals surface area contributed by atoms with E-state index in [4.69, 9.17) is 5.11 Å². The zero-order valence-electron chi connectivity index (χ0n) is 15.5. The second-order valence-corrected chi connectivity index (χ2v) is 6.54. The van der Waals surface area contributed by atoms with E-state index in [0.717, 1.165) is 33.7 Å². The van der Waals surface area contributed by atoms with Crippen LogP contribution >= 0.6 is 0 Å². The molecule has 0 bridgehead atoms. The molecule has 28 heavy (non-hydrogen) atoms. The summed E-state index contributed by atoms with van der Waals surface area (Å²) in [7, 11) is 0. The third-order valence-corrected chi connectivity index (χ3v) is 4.64. The van der Waals surface area contributed by atoms with E-state index in [2.05, 4.69) is 28.5 Å². The van der Waals surface area contributed by atoms with Crippen molar-refractivity contribution < 1.29 is 9.90 Å². The monoisotopic (exact) mass is 372 g/mol. The number of rotatable bonds is 5. The Morgan fingerprint density at radius 3 is 2.71 bits per heavy atom. The van der Waals surface area contributed by atoms with Gasteiger partial charge in [-0.15, -0.1) is 10.2 Å². The van der Waals surface area contributed by atoms with E-state index in [1.807, 2.05) is 59.1 Å². The number of aliphatic hydroxyl groups is 1. The van der Waals surface area contributed by atoms with Crippen LogP contribution in [0.15, 0.2) is 66.9 Å². The van der Waals surface area contributed by atoms with Gasteiger partial charge in [0.1, 0.15) is 0 Å². The number of aliphatic hydroxyl groups excluding tert-OH is 1. The number of benzene rings is 2. The van der Waals surface area contributed by atoms with E-state index in [1.54, 1.807) is 6.07 Å². The number of hydrogen-bond acceptors (Lipinski definition) is 4. The topological polar surface area (TPSA) is 79.5 Å². The molecular formula is C22H20N4O2. The average molecular weight is 372 g/mol. The second-order valence-electron chi connectivity index (χ2n) is 6.54. The lowest BCUT2D eigenvalue weighted by Crippen LogP contribution is -2.26. The molecule has 2 N–H and O–H groups in total. The van der Waals surface area contributed by atoms with Crippen LogP contribution < -0.4 is 5.32 Å². The summed E-state index contributed by atoms with van der Waals surface area (Å²) in [6.45, 7) is 2.20. The summed E-state index contributed by atoms with van der Waals surface area (Å²) >= 11 is 0. The Kier molecular flexibility index (Phi) is 4.87. The number of carbonyl (C=O) groups is 1. The molecule has 0 fully saturated rings. The third-order valence-electron chi connectivity index (χ3n) is 4.64. The van der Waals surface area contributed by atoms with Gasteiger partial charge in [0.05, 0.1) is 6.61 Å². The van der Waals surface area contributed by atoms with E-state index in [-0.39, 0.29) is 19.1 Å². The Bertz CT molecular complexity index is 1150. The lowest BCUT2D eigenvalue weighted by Gasteiger charge is -2.08. The van der Waals surface area contributed by atoms with E-state index in [9.17, 15) is 4.79 Å². The molecule has 0 aliphatic heterocycles. The van der Waals surface area contributed by atoms with Crippen molar-refractivity contribution in [3.63, 3.8) is 0 Å². The predicted molar refractivity (Wildman–Crippen MR) is 108 cm³/mol. The highest BCUT2D eigenvalue weighted by molar-refractivity contribution is 5.95. The van der Waals surface area contributed by atoms with Crippen LogP contribution in [-0.2, 0) is 0 Å². The molecule has 0 atom stereocenters. The molecule has 4 rings (SSSR count). The minimum absolute atomic E-state index is 0.0859. The van der Waals surface area contributed by atoms with Crippen LogP contribution in [0.1, 0.15) is 15.9 Å². The summed E-state index contributed by atoms with van der Waals surface area (Å²) in [6.07, 6.45) is 1.99. The first-order chi connectivity index (χ1) is 13.7. The van der Waals surface area contributed by atoms with E-state index in [0.29, 0.717) is 5.56 Å². The van der Waals surface area contributed by atoms with Gasteiger partial charge in [-0.05, 0) is 47.9 Å². The highest BCUT2D eigenvalue weighted by Gasteiger charge is 2.12. The molecule has 0 unspecified atom stereocenters. The average Bonchev–Trinajstić information content (AvgIpc) is 3.15. The van der Waals surface area contributed by atoms with Crippen LogP contribution in [0.5, 0.6) is 0 Å². The van der Waals surface area contributed by atoms with Crippen LogP contribution in [-0.4, -0.2) is 38.8 Å². The van der Waals surface area contributed by atoms with Gasteiger partial charge in [0.25, 0.3) is 5.91 Å². The van der Waals surface area contributed by atoms with Gasteiger partial charge < -0.3 is 10.4 Å². The zero-order valence-corrected chi connectivity index (χ0v) is 15.5. The summed E-state index contributed by atoms with van der Waals surface area (Å²) < 4.78 is 1.97. The summed E-state index contributed by atoms with van der Waals surface area (Å²) in [5, 5.41) is 20.2. The first kappa shape index (κ1) is 17.9. The summed E-state index contributed by atoms with van der Waals surface area (Å²) in [5.41, 5.74) is 5.35. The van der Waals surface area contributed by atoms with Crippen LogP contribution in [0.3, 0.4) is 0 Å². The maximum atomic E-state index is 12.2. The molecule has 0 aliphatic rings. The SMILES string of the molecule is Cc1ccccc1-c1nnc2ccc(-c3cccc(C(=O)NCCO)c3)cn12. The molecule has 6 nitrogen and oxygen atoms in total. The van der Waals surface area contributed by atoms with Gasteiger partial charge >= 0.3 is 0 Å². The van der Waals surface area contributed by atoms with Crippen LogP contribution in [0, 0.1) is 6.92 Å². The lowest BCUT2D eigenvalue weighted by atomic mass is 10.0. The molecule has 0 saturated carbocycles.